The molecule has 0 aromatic carbocycles. The molecule has 112 valence electrons. The van der Waals surface area contributed by atoms with Gasteiger partial charge in [-0.3, -0.25) is 4.68 Å². The highest BCUT2D eigenvalue weighted by Crippen LogP contribution is 2.16. The van der Waals surface area contributed by atoms with E-state index in [-0.39, 0.29) is 12.4 Å². The van der Waals surface area contributed by atoms with Crippen molar-refractivity contribution in [1.29, 1.82) is 0 Å². The van der Waals surface area contributed by atoms with E-state index in [0.717, 1.165) is 23.2 Å². The Balaban J connectivity index is 0.00000324. The number of nitrogens with zero attached hydrogens (tertiary/aromatic N) is 2. The Kier molecular flexibility index (Phi) is 8.79. The summed E-state index contributed by atoms with van der Waals surface area (Å²) in [7, 11) is 0. The number of hydrogen-bond donors (Lipinski definition) is 1. The number of hydrogen-bond acceptors (Lipinski definition) is 3. The van der Waals surface area contributed by atoms with Gasteiger partial charge >= 0.3 is 6.18 Å². The van der Waals surface area contributed by atoms with Crippen LogP contribution in [0.1, 0.15) is 18.9 Å². The Hall–Kier alpha value is -0.790. The van der Waals surface area contributed by atoms with Crippen LogP contribution >= 0.6 is 12.4 Å². The third-order valence-corrected chi connectivity index (χ3v) is 2.20. The van der Waals surface area contributed by atoms with Gasteiger partial charge in [-0.1, -0.05) is 0 Å². The van der Waals surface area contributed by atoms with Crippen LogP contribution in [0.4, 0.5) is 13.2 Å². The average molecular weight is 302 g/mol. The maximum Gasteiger partial charge on any atom is 0.408 e. The minimum Gasteiger partial charge on any atom is -0.382 e. The molecule has 0 atom stereocenters. The zero-order valence-corrected chi connectivity index (χ0v) is 11.6. The smallest absolute Gasteiger partial charge is 0.382 e. The fourth-order valence-electron chi connectivity index (χ4n) is 1.44. The van der Waals surface area contributed by atoms with Gasteiger partial charge in [-0.25, -0.2) is 0 Å². The molecule has 1 heterocycles. The summed E-state index contributed by atoms with van der Waals surface area (Å²) >= 11 is 0. The highest BCUT2D eigenvalue weighted by atomic mass is 35.5. The molecule has 0 spiro atoms. The van der Waals surface area contributed by atoms with Crippen LogP contribution in [0.5, 0.6) is 0 Å². The lowest BCUT2D eigenvalue weighted by atomic mass is 10.3. The summed E-state index contributed by atoms with van der Waals surface area (Å²) in [6, 6.07) is 0. The van der Waals surface area contributed by atoms with E-state index in [2.05, 4.69) is 10.4 Å². The van der Waals surface area contributed by atoms with Crippen molar-refractivity contribution in [2.24, 2.45) is 0 Å². The van der Waals surface area contributed by atoms with E-state index in [1.807, 2.05) is 6.92 Å². The van der Waals surface area contributed by atoms with Crippen LogP contribution in [0.15, 0.2) is 12.4 Å². The number of nitrogens with one attached hydrogen (secondary N) is 1. The van der Waals surface area contributed by atoms with E-state index in [1.165, 1.54) is 12.4 Å². The summed E-state index contributed by atoms with van der Waals surface area (Å²) in [5, 5.41) is 6.78. The molecule has 4 nitrogen and oxygen atoms in total. The lowest BCUT2D eigenvalue weighted by Crippen LogP contribution is -2.18. The first-order valence-electron chi connectivity index (χ1n) is 5.88. The second-order valence-electron chi connectivity index (χ2n) is 3.89. The van der Waals surface area contributed by atoms with Crippen molar-refractivity contribution in [2.45, 2.75) is 32.6 Å². The van der Waals surface area contributed by atoms with E-state index in [4.69, 9.17) is 4.74 Å². The van der Waals surface area contributed by atoms with Crippen molar-refractivity contribution in [2.75, 3.05) is 19.8 Å². The van der Waals surface area contributed by atoms with Gasteiger partial charge in [0.05, 0.1) is 6.20 Å². The molecule has 1 aromatic rings. The number of alkyl halides is 3. The number of halogens is 4. The van der Waals surface area contributed by atoms with Crippen LogP contribution in [0, 0.1) is 0 Å². The maximum absolute atomic E-state index is 12.1. The second kappa shape index (κ2) is 9.17. The first kappa shape index (κ1) is 18.2. The molecule has 0 bridgehead atoms. The number of rotatable bonds is 8. The van der Waals surface area contributed by atoms with E-state index in [9.17, 15) is 13.2 Å². The quantitative estimate of drug-likeness (QED) is 0.749. The normalized spacial score (nSPS) is 11.4. The molecule has 0 aliphatic carbocycles. The molecule has 0 saturated carbocycles. The molecule has 0 radical (unpaired) electrons. The summed E-state index contributed by atoms with van der Waals surface area (Å²) in [6.45, 7) is 3.56. The first-order chi connectivity index (χ1) is 8.51. The summed E-state index contributed by atoms with van der Waals surface area (Å²) in [5.74, 6) is 0. The van der Waals surface area contributed by atoms with Crippen LogP contribution in [-0.4, -0.2) is 35.7 Å². The molecule has 1 N–H and O–H groups in total. The third-order valence-electron chi connectivity index (χ3n) is 2.20. The van der Waals surface area contributed by atoms with Crippen LogP contribution in [0.25, 0.3) is 0 Å². The third kappa shape index (κ3) is 8.85. The SMILES string of the molecule is CCOCCCNCc1cnn(CC(F)(F)F)c1.Cl. The van der Waals surface area contributed by atoms with Crippen LogP contribution in [0.3, 0.4) is 0 Å². The Morgan fingerprint density at radius 2 is 2.16 bits per heavy atom. The zero-order chi connectivity index (χ0) is 13.4. The largest absolute Gasteiger partial charge is 0.408 e. The Morgan fingerprint density at radius 3 is 2.79 bits per heavy atom. The highest BCUT2D eigenvalue weighted by Gasteiger charge is 2.28. The minimum absolute atomic E-state index is 0. The Labute approximate surface area is 116 Å². The van der Waals surface area contributed by atoms with E-state index >= 15 is 0 Å². The summed E-state index contributed by atoms with van der Waals surface area (Å²) in [6.07, 6.45) is -0.497. The molecule has 0 fully saturated rings. The lowest BCUT2D eigenvalue weighted by molar-refractivity contribution is -0.142. The minimum atomic E-state index is -4.23. The molecule has 8 heteroatoms. The molecule has 0 unspecified atom stereocenters. The molecule has 0 saturated heterocycles. The van der Waals surface area contributed by atoms with Gasteiger partial charge in [0, 0.05) is 31.5 Å². The van der Waals surface area contributed by atoms with Gasteiger partial charge in [0.25, 0.3) is 0 Å². The maximum atomic E-state index is 12.1. The predicted molar refractivity (Wildman–Crippen MR) is 68.3 cm³/mol. The molecular formula is C11H19ClF3N3O. The van der Waals surface area contributed by atoms with Gasteiger partial charge in [0.15, 0.2) is 0 Å². The van der Waals surface area contributed by atoms with Gasteiger partial charge in [0.1, 0.15) is 6.54 Å². The van der Waals surface area contributed by atoms with Gasteiger partial charge in [-0.05, 0) is 19.9 Å². The average Bonchev–Trinajstić information content (AvgIpc) is 2.68. The molecule has 1 rings (SSSR count). The Morgan fingerprint density at radius 1 is 1.42 bits per heavy atom. The van der Waals surface area contributed by atoms with Crippen molar-refractivity contribution in [3.63, 3.8) is 0 Å². The fourth-order valence-corrected chi connectivity index (χ4v) is 1.44. The lowest BCUT2D eigenvalue weighted by Gasteiger charge is -2.05. The topological polar surface area (TPSA) is 39.1 Å². The molecule has 1 aromatic heterocycles. The zero-order valence-electron chi connectivity index (χ0n) is 10.7. The highest BCUT2D eigenvalue weighted by molar-refractivity contribution is 5.85. The van der Waals surface area contributed by atoms with E-state index < -0.39 is 12.7 Å². The van der Waals surface area contributed by atoms with Crippen LogP contribution in [0.2, 0.25) is 0 Å². The number of aromatic nitrogens is 2. The van der Waals surface area contributed by atoms with Gasteiger partial charge < -0.3 is 10.1 Å². The molecule has 0 aliphatic rings. The van der Waals surface area contributed by atoms with E-state index in [1.54, 1.807) is 0 Å². The van der Waals surface area contributed by atoms with Crippen LogP contribution in [-0.2, 0) is 17.8 Å². The summed E-state index contributed by atoms with van der Waals surface area (Å²) in [4.78, 5) is 0. The van der Waals surface area contributed by atoms with Crippen molar-refractivity contribution < 1.29 is 17.9 Å². The predicted octanol–water partition coefficient (Wildman–Crippen LogP) is 2.38. The summed E-state index contributed by atoms with van der Waals surface area (Å²) in [5.41, 5.74) is 0.746. The molecule has 0 amide bonds. The summed E-state index contributed by atoms with van der Waals surface area (Å²) < 4.78 is 42.3. The van der Waals surface area contributed by atoms with Crippen LogP contribution < -0.4 is 5.32 Å². The van der Waals surface area contributed by atoms with Crippen molar-refractivity contribution in [3.05, 3.63) is 18.0 Å². The fraction of sp³-hybridized carbons (Fsp3) is 0.727. The molecule has 0 aliphatic heterocycles. The standard InChI is InChI=1S/C11H18F3N3O.ClH/c1-2-18-5-3-4-15-6-10-7-16-17(8-10)9-11(12,13)14;/h7-8,15H,2-6,9H2,1H3;1H. The number of ether oxygens (including phenoxy) is 1. The van der Waals surface area contributed by atoms with Gasteiger partial charge in [-0.2, -0.15) is 18.3 Å². The first-order valence-corrected chi connectivity index (χ1v) is 5.88. The second-order valence-corrected chi connectivity index (χ2v) is 3.89. The van der Waals surface area contributed by atoms with Crippen molar-refractivity contribution >= 4 is 12.4 Å². The monoisotopic (exact) mass is 301 g/mol. The van der Waals surface area contributed by atoms with Crippen molar-refractivity contribution in [3.8, 4) is 0 Å². The van der Waals surface area contributed by atoms with Crippen molar-refractivity contribution in [1.82, 2.24) is 15.1 Å². The Bertz CT molecular complexity index is 344. The van der Waals surface area contributed by atoms with Gasteiger partial charge in [0.2, 0.25) is 0 Å². The molecule has 19 heavy (non-hydrogen) atoms. The molecular weight excluding hydrogens is 283 g/mol. The van der Waals surface area contributed by atoms with Gasteiger partial charge in [-0.15, -0.1) is 12.4 Å². The van der Waals surface area contributed by atoms with E-state index in [0.29, 0.717) is 19.8 Å².